The Morgan fingerprint density at radius 1 is 1.57 bits per heavy atom. The van der Waals surface area contributed by atoms with Crippen molar-refractivity contribution in [3.63, 3.8) is 0 Å². The Labute approximate surface area is 84.2 Å². The van der Waals surface area contributed by atoms with Crippen molar-refractivity contribution in [2.24, 2.45) is 11.8 Å². The van der Waals surface area contributed by atoms with Crippen molar-refractivity contribution < 1.29 is 5.11 Å². The molecule has 1 saturated carbocycles. The Morgan fingerprint density at radius 2 is 2.36 bits per heavy atom. The second-order valence-corrected chi connectivity index (χ2v) is 4.11. The number of hydrogen-bond donors (Lipinski definition) is 2. The second kappa shape index (κ2) is 3.96. The fraction of sp³-hybridized carbons (Fsp3) is 0.545. The highest BCUT2D eigenvalue weighted by Crippen LogP contribution is 2.36. The summed E-state index contributed by atoms with van der Waals surface area (Å²) in [6.45, 7) is 4.17. The highest BCUT2D eigenvalue weighted by atomic mass is 16.3. The summed E-state index contributed by atoms with van der Waals surface area (Å²) in [4.78, 5) is 4.10. The lowest BCUT2D eigenvalue weighted by Gasteiger charge is -2.02. The first kappa shape index (κ1) is 9.46. The van der Waals surface area contributed by atoms with Crippen LogP contribution in [0.3, 0.4) is 0 Å². The molecule has 1 aromatic rings. The van der Waals surface area contributed by atoms with Crippen molar-refractivity contribution >= 4 is 0 Å². The van der Waals surface area contributed by atoms with Crippen molar-refractivity contribution in [3.8, 4) is 5.75 Å². The first-order chi connectivity index (χ1) is 6.75. The van der Waals surface area contributed by atoms with Crippen LogP contribution in [0, 0.1) is 11.8 Å². The maximum atomic E-state index is 9.03. The van der Waals surface area contributed by atoms with Gasteiger partial charge in [-0.3, -0.25) is 4.98 Å². The van der Waals surface area contributed by atoms with Gasteiger partial charge in [0.15, 0.2) is 0 Å². The Balaban J connectivity index is 1.72. The molecule has 76 valence electrons. The van der Waals surface area contributed by atoms with Gasteiger partial charge in [0.25, 0.3) is 0 Å². The Bertz CT molecular complexity index is 297. The van der Waals surface area contributed by atoms with Crippen molar-refractivity contribution in [2.45, 2.75) is 19.9 Å². The molecule has 2 atom stereocenters. The zero-order valence-corrected chi connectivity index (χ0v) is 8.40. The van der Waals surface area contributed by atoms with Crippen LogP contribution in [-0.4, -0.2) is 16.6 Å². The minimum atomic E-state index is 0.226. The van der Waals surface area contributed by atoms with Crippen LogP contribution in [0.15, 0.2) is 18.3 Å². The van der Waals surface area contributed by atoms with Crippen LogP contribution in [-0.2, 0) is 6.54 Å². The molecule has 1 aliphatic rings. The lowest BCUT2D eigenvalue weighted by Crippen LogP contribution is -2.17. The van der Waals surface area contributed by atoms with Gasteiger partial charge in [0.2, 0.25) is 0 Å². The van der Waals surface area contributed by atoms with Crippen molar-refractivity contribution in [1.82, 2.24) is 10.3 Å². The van der Waals surface area contributed by atoms with E-state index in [1.54, 1.807) is 6.07 Å². The summed E-state index contributed by atoms with van der Waals surface area (Å²) in [6.07, 6.45) is 2.84. The zero-order chi connectivity index (χ0) is 9.97. The van der Waals surface area contributed by atoms with Gasteiger partial charge in [-0.15, -0.1) is 0 Å². The topological polar surface area (TPSA) is 45.1 Å². The molecule has 14 heavy (non-hydrogen) atoms. The normalized spacial score (nSPS) is 24.9. The van der Waals surface area contributed by atoms with E-state index in [1.807, 2.05) is 6.07 Å². The molecule has 1 aliphatic carbocycles. The first-order valence-corrected chi connectivity index (χ1v) is 5.10. The second-order valence-electron chi connectivity index (χ2n) is 4.11. The van der Waals surface area contributed by atoms with Gasteiger partial charge in [-0.25, -0.2) is 0 Å². The molecule has 0 spiro atoms. The summed E-state index contributed by atoms with van der Waals surface area (Å²) >= 11 is 0. The van der Waals surface area contributed by atoms with E-state index in [-0.39, 0.29) is 5.75 Å². The van der Waals surface area contributed by atoms with Crippen LogP contribution in [0.5, 0.6) is 5.75 Å². The van der Waals surface area contributed by atoms with E-state index in [1.165, 1.54) is 12.6 Å². The minimum absolute atomic E-state index is 0.226. The number of aromatic nitrogens is 1. The molecule has 3 nitrogen and oxygen atoms in total. The standard InChI is InChI=1S/C11H16N2O/c1-8-4-9(8)5-12-6-10-2-3-11(14)7-13-10/h2-3,7-9,12,14H,4-6H2,1H3. The molecular formula is C11H16N2O. The molecule has 0 amide bonds. The smallest absolute Gasteiger partial charge is 0.133 e. The molecule has 3 heteroatoms. The summed E-state index contributed by atoms with van der Waals surface area (Å²) in [7, 11) is 0. The number of rotatable bonds is 4. The predicted octanol–water partition coefficient (Wildman–Crippen LogP) is 1.53. The van der Waals surface area contributed by atoms with E-state index in [9.17, 15) is 0 Å². The third kappa shape index (κ3) is 2.45. The average Bonchev–Trinajstić information content (AvgIpc) is 2.86. The molecule has 1 heterocycles. The lowest BCUT2D eigenvalue weighted by molar-refractivity contribution is 0.471. The number of aromatic hydroxyl groups is 1. The SMILES string of the molecule is CC1CC1CNCc1ccc(O)cn1. The van der Waals surface area contributed by atoms with Gasteiger partial charge in [-0.2, -0.15) is 0 Å². The van der Waals surface area contributed by atoms with Crippen LogP contribution in [0.25, 0.3) is 0 Å². The van der Waals surface area contributed by atoms with E-state index in [0.717, 1.165) is 30.6 Å². The third-order valence-corrected chi connectivity index (χ3v) is 2.80. The number of hydrogen-bond acceptors (Lipinski definition) is 3. The van der Waals surface area contributed by atoms with Crippen LogP contribution in [0.2, 0.25) is 0 Å². The van der Waals surface area contributed by atoms with E-state index in [2.05, 4.69) is 17.2 Å². The molecule has 2 rings (SSSR count). The summed E-state index contributed by atoms with van der Waals surface area (Å²) in [5.74, 6) is 1.99. The van der Waals surface area contributed by atoms with Crippen LogP contribution >= 0.6 is 0 Å². The molecule has 0 aromatic carbocycles. The quantitative estimate of drug-likeness (QED) is 0.760. The minimum Gasteiger partial charge on any atom is -0.506 e. The zero-order valence-electron chi connectivity index (χ0n) is 8.40. The average molecular weight is 192 g/mol. The molecule has 0 bridgehead atoms. The van der Waals surface area contributed by atoms with Crippen LogP contribution in [0.1, 0.15) is 19.0 Å². The molecule has 0 aliphatic heterocycles. The molecule has 1 aromatic heterocycles. The Hall–Kier alpha value is -1.09. The summed E-state index contributed by atoms with van der Waals surface area (Å²) < 4.78 is 0. The lowest BCUT2D eigenvalue weighted by atomic mass is 10.3. The van der Waals surface area contributed by atoms with E-state index in [4.69, 9.17) is 5.11 Å². The van der Waals surface area contributed by atoms with E-state index >= 15 is 0 Å². The largest absolute Gasteiger partial charge is 0.506 e. The van der Waals surface area contributed by atoms with E-state index < -0.39 is 0 Å². The van der Waals surface area contributed by atoms with Gasteiger partial charge in [0, 0.05) is 6.54 Å². The fourth-order valence-electron chi connectivity index (χ4n) is 1.59. The Morgan fingerprint density at radius 3 is 2.93 bits per heavy atom. The predicted molar refractivity (Wildman–Crippen MR) is 54.9 cm³/mol. The molecule has 0 radical (unpaired) electrons. The maximum Gasteiger partial charge on any atom is 0.133 e. The summed E-state index contributed by atoms with van der Waals surface area (Å²) in [6, 6.07) is 3.52. The van der Waals surface area contributed by atoms with Gasteiger partial charge in [-0.1, -0.05) is 6.92 Å². The van der Waals surface area contributed by atoms with E-state index in [0.29, 0.717) is 0 Å². The van der Waals surface area contributed by atoms with Gasteiger partial charge < -0.3 is 10.4 Å². The number of pyridine rings is 1. The summed E-state index contributed by atoms with van der Waals surface area (Å²) in [5, 5.41) is 12.4. The molecule has 1 fully saturated rings. The van der Waals surface area contributed by atoms with Crippen LogP contribution in [0.4, 0.5) is 0 Å². The van der Waals surface area contributed by atoms with Gasteiger partial charge in [0.05, 0.1) is 11.9 Å². The highest BCUT2D eigenvalue weighted by Gasteiger charge is 2.31. The van der Waals surface area contributed by atoms with Gasteiger partial charge in [-0.05, 0) is 36.9 Å². The van der Waals surface area contributed by atoms with Crippen molar-refractivity contribution in [2.75, 3.05) is 6.54 Å². The van der Waals surface area contributed by atoms with Crippen LogP contribution < -0.4 is 5.32 Å². The summed E-state index contributed by atoms with van der Waals surface area (Å²) in [5.41, 5.74) is 0.983. The molecule has 0 saturated heterocycles. The first-order valence-electron chi connectivity index (χ1n) is 5.10. The maximum absolute atomic E-state index is 9.03. The third-order valence-electron chi connectivity index (χ3n) is 2.80. The molecule has 2 unspecified atom stereocenters. The van der Waals surface area contributed by atoms with Gasteiger partial charge >= 0.3 is 0 Å². The van der Waals surface area contributed by atoms with Gasteiger partial charge in [0.1, 0.15) is 5.75 Å². The molecular weight excluding hydrogens is 176 g/mol. The highest BCUT2D eigenvalue weighted by molar-refractivity contribution is 5.17. The van der Waals surface area contributed by atoms with Crippen molar-refractivity contribution in [3.05, 3.63) is 24.0 Å². The monoisotopic (exact) mass is 192 g/mol. The number of nitrogens with zero attached hydrogens (tertiary/aromatic N) is 1. The Kier molecular flexibility index (Phi) is 2.68. The number of nitrogens with one attached hydrogen (secondary N) is 1. The van der Waals surface area contributed by atoms with Crippen molar-refractivity contribution in [1.29, 1.82) is 0 Å². The fourth-order valence-corrected chi connectivity index (χ4v) is 1.59. The molecule has 2 N–H and O–H groups in total.